The van der Waals surface area contributed by atoms with E-state index in [9.17, 15) is 4.79 Å². The van der Waals surface area contributed by atoms with Crippen molar-refractivity contribution >= 4 is 40.1 Å². The molecule has 0 unspecified atom stereocenters. The van der Waals surface area contributed by atoms with Crippen LogP contribution in [-0.2, 0) is 0 Å². The number of para-hydroxylation sites is 1. The second-order valence-corrected chi connectivity index (χ2v) is 6.12. The van der Waals surface area contributed by atoms with Gasteiger partial charge in [0.2, 0.25) is 0 Å². The summed E-state index contributed by atoms with van der Waals surface area (Å²) >= 11 is 0. The molecule has 0 spiro atoms. The van der Waals surface area contributed by atoms with Gasteiger partial charge in [-0.2, -0.15) is 0 Å². The number of hydrogen-bond donors (Lipinski definition) is 1. The van der Waals surface area contributed by atoms with Crippen LogP contribution >= 0.6 is 12.4 Å². The molecule has 1 aromatic heterocycles. The summed E-state index contributed by atoms with van der Waals surface area (Å²) in [6.07, 6.45) is 0. The minimum Gasteiger partial charge on any atom is -0.351 e. The Kier molecular flexibility index (Phi) is 5.75. The number of hydrogen-bond acceptors (Lipinski definition) is 3. The molecular formula is C19H22ClN3O. The van der Waals surface area contributed by atoms with Crippen molar-refractivity contribution in [3.8, 4) is 0 Å². The molecule has 5 heteroatoms. The number of likely N-dealkylation sites (N-methyl/N-ethyl adjacent to an activating group) is 1. The molecule has 0 saturated heterocycles. The summed E-state index contributed by atoms with van der Waals surface area (Å²) in [4.78, 5) is 19.3. The molecule has 1 amide bonds. The topological polar surface area (TPSA) is 45.2 Å². The van der Waals surface area contributed by atoms with Gasteiger partial charge in [0.15, 0.2) is 0 Å². The van der Waals surface area contributed by atoms with Gasteiger partial charge in [0, 0.05) is 23.9 Å². The molecule has 0 atom stereocenters. The number of aromatic nitrogens is 1. The fraction of sp³-hybridized carbons (Fsp3) is 0.263. The van der Waals surface area contributed by atoms with Gasteiger partial charge in [-0.3, -0.25) is 4.79 Å². The standard InChI is InChI=1S/C19H21N3O.ClH/c1-13-10-15-12-14-6-4-5-7-17(14)21-18(15)16(11-13)19(23)20-8-9-22(2)3;/h4-7,10-12H,8-9H2,1-3H3,(H,20,23);1H. The number of amides is 1. The molecule has 1 heterocycles. The minimum atomic E-state index is -0.0664. The average molecular weight is 344 g/mol. The monoisotopic (exact) mass is 343 g/mol. The molecule has 1 N–H and O–H groups in total. The highest BCUT2D eigenvalue weighted by atomic mass is 35.5. The van der Waals surface area contributed by atoms with E-state index >= 15 is 0 Å². The Morgan fingerprint density at radius 2 is 1.88 bits per heavy atom. The summed E-state index contributed by atoms with van der Waals surface area (Å²) < 4.78 is 0. The number of nitrogens with one attached hydrogen (secondary N) is 1. The number of nitrogens with zero attached hydrogens (tertiary/aromatic N) is 2. The third-order valence-electron chi connectivity index (χ3n) is 3.85. The first-order valence-electron chi connectivity index (χ1n) is 7.77. The van der Waals surface area contributed by atoms with Crippen LogP contribution in [0.3, 0.4) is 0 Å². The number of halogens is 1. The molecule has 126 valence electrons. The fourth-order valence-electron chi connectivity index (χ4n) is 2.70. The molecule has 0 aliphatic rings. The van der Waals surface area contributed by atoms with Gasteiger partial charge in [0.05, 0.1) is 16.6 Å². The van der Waals surface area contributed by atoms with Crippen LogP contribution in [-0.4, -0.2) is 43.0 Å². The highest BCUT2D eigenvalue weighted by Crippen LogP contribution is 2.24. The molecule has 3 rings (SSSR count). The Bertz CT molecular complexity index is 877. The van der Waals surface area contributed by atoms with Gasteiger partial charge in [0.25, 0.3) is 5.91 Å². The summed E-state index contributed by atoms with van der Waals surface area (Å²) in [6.45, 7) is 3.44. The van der Waals surface area contributed by atoms with E-state index < -0.39 is 0 Å². The first kappa shape index (κ1) is 18.2. The van der Waals surface area contributed by atoms with Crippen LogP contribution in [0.2, 0.25) is 0 Å². The zero-order chi connectivity index (χ0) is 16.4. The number of aryl methyl sites for hydroxylation is 1. The zero-order valence-electron chi connectivity index (χ0n) is 14.2. The predicted octanol–water partition coefficient (Wildman–Crippen LogP) is 3.41. The number of rotatable bonds is 4. The Morgan fingerprint density at radius 3 is 2.62 bits per heavy atom. The Labute approximate surface area is 148 Å². The van der Waals surface area contributed by atoms with Crippen LogP contribution in [0.15, 0.2) is 42.5 Å². The molecular weight excluding hydrogens is 322 g/mol. The molecule has 0 aliphatic heterocycles. The molecule has 0 saturated carbocycles. The summed E-state index contributed by atoms with van der Waals surface area (Å²) in [6, 6.07) is 14.1. The summed E-state index contributed by atoms with van der Waals surface area (Å²) in [5.74, 6) is -0.0664. The van der Waals surface area contributed by atoms with Crippen LogP contribution in [0.25, 0.3) is 21.8 Å². The predicted molar refractivity (Wildman–Crippen MR) is 102 cm³/mol. The molecule has 24 heavy (non-hydrogen) atoms. The lowest BCUT2D eigenvalue weighted by molar-refractivity contribution is 0.0952. The van der Waals surface area contributed by atoms with E-state index in [1.165, 1.54) is 0 Å². The smallest absolute Gasteiger partial charge is 0.253 e. The number of benzene rings is 2. The van der Waals surface area contributed by atoms with E-state index in [2.05, 4.69) is 17.4 Å². The Balaban J connectivity index is 0.00000208. The van der Waals surface area contributed by atoms with Gasteiger partial charge in [-0.05, 0) is 50.8 Å². The maximum atomic E-state index is 12.6. The molecule has 0 radical (unpaired) electrons. The van der Waals surface area contributed by atoms with Gasteiger partial charge >= 0.3 is 0 Å². The van der Waals surface area contributed by atoms with Crippen molar-refractivity contribution in [2.75, 3.05) is 27.2 Å². The van der Waals surface area contributed by atoms with Gasteiger partial charge in [0.1, 0.15) is 0 Å². The van der Waals surface area contributed by atoms with E-state index in [-0.39, 0.29) is 18.3 Å². The quantitative estimate of drug-likeness (QED) is 0.738. The highest BCUT2D eigenvalue weighted by Gasteiger charge is 2.13. The van der Waals surface area contributed by atoms with Gasteiger partial charge < -0.3 is 10.2 Å². The van der Waals surface area contributed by atoms with Crippen molar-refractivity contribution in [1.82, 2.24) is 15.2 Å². The van der Waals surface area contributed by atoms with Gasteiger partial charge in [-0.1, -0.05) is 18.2 Å². The van der Waals surface area contributed by atoms with Crippen molar-refractivity contribution in [3.63, 3.8) is 0 Å². The van der Waals surface area contributed by atoms with Gasteiger partial charge in [-0.15, -0.1) is 12.4 Å². The SMILES string of the molecule is Cc1cc(C(=O)NCCN(C)C)c2nc3ccccc3cc2c1.Cl. The maximum absolute atomic E-state index is 12.6. The minimum absolute atomic E-state index is 0. The number of fused-ring (bicyclic) bond motifs is 2. The lowest BCUT2D eigenvalue weighted by Crippen LogP contribution is -2.31. The second-order valence-electron chi connectivity index (χ2n) is 6.12. The van der Waals surface area contributed by atoms with E-state index in [0.29, 0.717) is 12.1 Å². The van der Waals surface area contributed by atoms with Crippen molar-refractivity contribution in [3.05, 3.63) is 53.6 Å². The molecule has 0 fully saturated rings. The molecule has 4 nitrogen and oxygen atoms in total. The fourth-order valence-corrected chi connectivity index (χ4v) is 2.70. The normalized spacial score (nSPS) is 10.8. The number of carbonyl (C=O) groups is 1. The van der Waals surface area contributed by atoms with E-state index in [1.807, 2.05) is 56.3 Å². The van der Waals surface area contributed by atoms with Crippen LogP contribution in [0.4, 0.5) is 0 Å². The largest absolute Gasteiger partial charge is 0.351 e. The van der Waals surface area contributed by atoms with Crippen molar-refractivity contribution < 1.29 is 4.79 Å². The van der Waals surface area contributed by atoms with E-state index in [4.69, 9.17) is 4.98 Å². The second kappa shape index (κ2) is 7.60. The number of pyridine rings is 1. The summed E-state index contributed by atoms with van der Waals surface area (Å²) in [5.41, 5.74) is 3.37. The summed E-state index contributed by atoms with van der Waals surface area (Å²) in [5, 5.41) is 5.07. The first-order chi connectivity index (χ1) is 11.0. The number of carbonyl (C=O) groups excluding carboxylic acids is 1. The lowest BCUT2D eigenvalue weighted by Gasteiger charge is -2.12. The van der Waals surface area contributed by atoms with Crippen molar-refractivity contribution in [2.45, 2.75) is 6.92 Å². The first-order valence-corrected chi connectivity index (χ1v) is 7.77. The summed E-state index contributed by atoms with van der Waals surface area (Å²) in [7, 11) is 3.98. The van der Waals surface area contributed by atoms with Crippen LogP contribution in [0, 0.1) is 6.92 Å². The Morgan fingerprint density at radius 1 is 1.12 bits per heavy atom. The van der Waals surface area contributed by atoms with Crippen LogP contribution in [0.5, 0.6) is 0 Å². The van der Waals surface area contributed by atoms with Crippen molar-refractivity contribution in [2.24, 2.45) is 0 Å². The van der Waals surface area contributed by atoms with Crippen LogP contribution < -0.4 is 5.32 Å². The maximum Gasteiger partial charge on any atom is 0.253 e. The third kappa shape index (κ3) is 3.83. The van der Waals surface area contributed by atoms with Crippen LogP contribution in [0.1, 0.15) is 15.9 Å². The average Bonchev–Trinajstić information content (AvgIpc) is 2.51. The Hall–Kier alpha value is -2.17. The molecule has 2 aromatic carbocycles. The molecule has 3 aromatic rings. The third-order valence-corrected chi connectivity index (χ3v) is 3.85. The van der Waals surface area contributed by atoms with E-state index in [0.717, 1.165) is 33.9 Å². The van der Waals surface area contributed by atoms with Crippen molar-refractivity contribution in [1.29, 1.82) is 0 Å². The highest BCUT2D eigenvalue weighted by molar-refractivity contribution is 6.08. The van der Waals surface area contributed by atoms with Gasteiger partial charge in [-0.25, -0.2) is 4.98 Å². The zero-order valence-corrected chi connectivity index (χ0v) is 15.0. The molecule has 0 aliphatic carbocycles. The van der Waals surface area contributed by atoms with E-state index in [1.54, 1.807) is 0 Å². The molecule has 0 bridgehead atoms. The lowest BCUT2D eigenvalue weighted by atomic mass is 10.0.